The molecule has 1 aromatic heterocycles. The van der Waals surface area contributed by atoms with Gasteiger partial charge < -0.3 is 5.32 Å². The molecule has 0 aliphatic rings. The minimum absolute atomic E-state index is 0.0162. The molecule has 3 aromatic carbocycles. The van der Waals surface area contributed by atoms with Gasteiger partial charge in [0.1, 0.15) is 6.04 Å². The van der Waals surface area contributed by atoms with Crippen molar-refractivity contribution >= 4 is 23.0 Å². The number of nitrogens with zero attached hydrogens (tertiary/aromatic N) is 5. The zero-order valence-electron chi connectivity index (χ0n) is 15.9. The van der Waals surface area contributed by atoms with Crippen molar-refractivity contribution in [2.24, 2.45) is 0 Å². The minimum Gasteiger partial charge on any atom is -0.371 e. The van der Waals surface area contributed by atoms with Crippen LogP contribution in [0.3, 0.4) is 0 Å². The molecule has 0 radical (unpaired) electrons. The Labute approximate surface area is 177 Å². The third kappa shape index (κ3) is 3.99. The molecule has 1 unspecified atom stereocenters. The van der Waals surface area contributed by atoms with Gasteiger partial charge in [0.25, 0.3) is 5.69 Å². The highest BCUT2D eigenvalue weighted by Gasteiger charge is 2.24. The Kier molecular flexibility index (Phi) is 5.40. The summed E-state index contributed by atoms with van der Waals surface area (Å²) in [7, 11) is 0. The largest absolute Gasteiger partial charge is 0.371 e. The number of halogens is 1. The summed E-state index contributed by atoms with van der Waals surface area (Å²) in [5.41, 5.74) is 3.36. The number of nitro groups is 1. The Morgan fingerprint density at radius 3 is 2.50 bits per heavy atom. The third-order valence-corrected chi connectivity index (χ3v) is 4.91. The maximum atomic E-state index is 11.1. The molecule has 1 atom stereocenters. The highest BCUT2D eigenvalue weighted by Crippen LogP contribution is 2.29. The monoisotopic (exact) mass is 420 g/mol. The number of tetrazole rings is 1. The topological polar surface area (TPSA) is 98.8 Å². The molecule has 0 amide bonds. The molecule has 1 heterocycles. The van der Waals surface area contributed by atoms with Crippen molar-refractivity contribution in [3.8, 4) is 5.69 Å². The highest BCUT2D eigenvalue weighted by molar-refractivity contribution is 6.30. The molecule has 0 aliphatic heterocycles. The van der Waals surface area contributed by atoms with Gasteiger partial charge in [-0.2, -0.15) is 4.68 Å². The van der Waals surface area contributed by atoms with Gasteiger partial charge in [0, 0.05) is 22.8 Å². The second kappa shape index (κ2) is 8.30. The lowest BCUT2D eigenvalue weighted by molar-refractivity contribution is -0.384. The average molecular weight is 421 g/mol. The smallest absolute Gasteiger partial charge is 0.269 e. The number of aromatic nitrogens is 4. The lowest BCUT2D eigenvalue weighted by Gasteiger charge is -2.20. The summed E-state index contributed by atoms with van der Waals surface area (Å²) >= 11 is 6.20. The standard InChI is InChI=1S/C21H17ClN6O2/c1-14-7-10-16(22)13-19(14)27-21(24-25-26-27)20(23-17-5-3-2-4-6-17)15-8-11-18(12-9-15)28(29)30/h2-13,20,23H,1H3. The molecule has 4 rings (SSSR count). The number of non-ortho nitro benzene ring substituents is 1. The van der Waals surface area contributed by atoms with Crippen molar-refractivity contribution in [1.29, 1.82) is 0 Å². The van der Waals surface area contributed by atoms with Gasteiger partial charge in [-0.3, -0.25) is 10.1 Å². The SMILES string of the molecule is Cc1ccc(Cl)cc1-n1nnnc1C(Nc1ccccc1)c1ccc([N+](=O)[O-])cc1. The normalized spacial score (nSPS) is 11.8. The van der Waals surface area contributed by atoms with Gasteiger partial charge in [-0.15, -0.1) is 5.10 Å². The van der Waals surface area contributed by atoms with E-state index in [-0.39, 0.29) is 5.69 Å². The van der Waals surface area contributed by atoms with Crippen LogP contribution < -0.4 is 5.32 Å². The summed E-state index contributed by atoms with van der Waals surface area (Å²) in [6.07, 6.45) is 0. The summed E-state index contributed by atoms with van der Waals surface area (Å²) in [4.78, 5) is 10.6. The molecule has 1 N–H and O–H groups in total. The molecule has 0 fully saturated rings. The second-order valence-electron chi connectivity index (χ2n) is 6.67. The first kappa shape index (κ1) is 19.5. The molecule has 0 saturated heterocycles. The third-order valence-electron chi connectivity index (χ3n) is 4.67. The summed E-state index contributed by atoms with van der Waals surface area (Å²) in [5, 5.41) is 27.3. The molecule has 8 nitrogen and oxygen atoms in total. The predicted octanol–water partition coefficient (Wildman–Crippen LogP) is 4.73. The lowest BCUT2D eigenvalue weighted by atomic mass is 10.0. The first-order valence-corrected chi connectivity index (χ1v) is 9.51. The van der Waals surface area contributed by atoms with Crippen LogP contribution in [-0.4, -0.2) is 25.1 Å². The van der Waals surface area contributed by atoms with E-state index >= 15 is 0 Å². The molecular weight excluding hydrogens is 404 g/mol. The molecule has 0 bridgehead atoms. The van der Waals surface area contributed by atoms with Gasteiger partial charge in [-0.25, -0.2) is 0 Å². The van der Waals surface area contributed by atoms with Crippen molar-refractivity contribution in [2.75, 3.05) is 5.32 Å². The molecule has 0 spiro atoms. The van der Waals surface area contributed by atoms with Crippen molar-refractivity contribution in [2.45, 2.75) is 13.0 Å². The molecule has 0 aliphatic carbocycles. The average Bonchev–Trinajstić information content (AvgIpc) is 3.24. The molecule has 0 saturated carbocycles. The first-order chi connectivity index (χ1) is 14.5. The van der Waals surface area contributed by atoms with E-state index in [0.29, 0.717) is 10.8 Å². The minimum atomic E-state index is -0.457. The van der Waals surface area contributed by atoms with Crippen LogP contribution in [0.2, 0.25) is 5.02 Å². The van der Waals surface area contributed by atoms with Gasteiger partial charge in [0.05, 0.1) is 10.6 Å². The molecule has 9 heteroatoms. The van der Waals surface area contributed by atoms with Crippen LogP contribution >= 0.6 is 11.6 Å². The number of rotatable bonds is 6. The van der Waals surface area contributed by atoms with E-state index < -0.39 is 11.0 Å². The fourth-order valence-electron chi connectivity index (χ4n) is 3.14. The second-order valence-corrected chi connectivity index (χ2v) is 7.11. The van der Waals surface area contributed by atoms with Crippen molar-refractivity contribution < 1.29 is 4.92 Å². The zero-order chi connectivity index (χ0) is 21.1. The Balaban J connectivity index is 1.82. The van der Waals surface area contributed by atoms with Gasteiger partial charge in [0.2, 0.25) is 0 Å². The Morgan fingerprint density at radius 1 is 1.07 bits per heavy atom. The summed E-state index contributed by atoms with van der Waals surface area (Å²) in [5.74, 6) is 0.526. The number of para-hydroxylation sites is 1. The van der Waals surface area contributed by atoms with E-state index in [1.165, 1.54) is 12.1 Å². The van der Waals surface area contributed by atoms with Crippen LogP contribution in [0.5, 0.6) is 0 Å². The van der Waals surface area contributed by atoms with Gasteiger partial charge in [-0.1, -0.05) is 35.9 Å². The maximum Gasteiger partial charge on any atom is 0.269 e. The van der Waals surface area contributed by atoms with Crippen LogP contribution in [0.4, 0.5) is 11.4 Å². The van der Waals surface area contributed by atoms with Crippen LogP contribution in [0.1, 0.15) is 23.0 Å². The Morgan fingerprint density at radius 2 is 1.80 bits per heavy atom. The number of aryl methyl sites for hydroxylation is 1. The Hall–Kier alpha value is -3.78. The summed E-state index contributed by atoms with van der Waals surface area (Å²) in [6, 6.07) is 21.0. The van der Waals surface area contributed by atoms with Crippen LogP contribution in [0, 0.1) is 17.0 Å². The molecule has 30 heavy (non-hydrogen) atoms. The number of benzene rings is 3. The fourth-order valence-corrected chi connectivity index (χ4v) is 3.31. The van der Waals surface area contributed by atoms with Crippen molar-refractivity contribution in [3.63, 3.8) is 0 Å². The van der Waals surface area contributed by atoms with Crippen LogP contribution in [0.15, 0.2) is 72.8 Å². The molecule has 4 aromatic rings. The van der Waals surface area contributed by atoms with E-state index in [9.17, 15) is 10.1 Å². The van der Waals surface area contributed by atoms with Crippen molar-refractivity contribution in [1.82, 2.24) is 20.2 Å². The van der Waals surface area contributed by atoms with E-state index in [2.05, 4.69) is 20.8 Å². The first-order valence-electron chi connectivity index (χ1n) is 9.13. The lowest BCUT2D eigenvalue weighted by Crippen LogP contribution is -2.18. The molecule has 150 valence electrons. The van der Waals surface area contributed by atoms with Crippen LogP contribution in [-0.2, 0) is 0 Å². The predicted molar refractivity (Wildman–Crippen MR) is 114 cm³/mol. The number of hydrogen-bond donors (Lipinski definition) is 1. The fraction of sp³-hybridized carbons (Fsp3) is 0.0952. The number of nitro benzene ring substituents is 1. The van der Waals surface area contributed by atoms with Gasteiger partial charge >= 0.3 is 0 Å². The number of anilines is 1. The summed E-state index contributed by atoms with van der Waals surface area (Å²) in [6.45, 7) is 1.95. The van der Waals surface area contributed by atoms with E-state index in [4.69, 9.17) is 11.6 Å². The van der Waals surface area contributed by atoms with Crippen LogP contribution in [0.25, 0.3) is 5.69 Å². The number of hydrogen-bond acceptors (Lipinski definition) is 6. The number of nitrogens with one attached hydrogen (secondary N) is 1. The highest BCUT2D eigenvalue weighted by atomic mass is 35.5. The summed E-state index contributed by atoms with van der Waals surface area (Å²) < 4.78 is 1.63. The zero-order valence-corrected chi connectivity index (χ0v) is 16.7. The quantitative estimate of drug-likeness (QED) is 0.357. The van der Waals surface area contributed by atoms with Crippen molar-refractivity contribution in [3.05, 3.63) is 105 Å². The molecular formula is C21H17ClN6O2. The van der Waals surface area contributed by atoms with Gasteiger partial charge in [-0.05, 0) is 64.9 Å². The van der Waals surface area contributed by atoms with Gasteiger partial charge in [0.15, 0.2) is 5.82 Å². The Bertz CT molecular complexity index is 1180. The van der Waals surface area contributed by atoms with E-state index in [1.807, 2.05) is 43.3 Å². The van der Waals surface area contributed by atoms with E-state index in [1.54, 1.807) is 28.9 Å². The maximum absolute atomic E-state index is 11.1. The van der Waals surface area contributed by atoms with E-state index in [0.717, 1.165) is 22.5 Å².